The van der Waals surface area contributed by atoms with E-state index in [0.29, 0.717) is 0 Å². The third kappa shape index (κ3) is 3.45. The topological polar surface area (TPSA) is 23.6 Å². The number of hydrogen-bond acceptors (Lipinski definition) is 2. The number of carbonyl (C=O) groups excluding carboxylic acids is 1. The molecule has 0 spiro atoms. The van der Waals surface area contributed by atoms with E-state index in [1.165, 1.54) is 11.3 Å². The van der Waals surface area contributed by atoms with Gasteiger partial charge in [-0.15, -0.1) is 0 Å². The smallest absolute Gasteiger partial charge is 0.253 e. The largest absolute Gasteiger partial charge is 0.368 e. The summed E-state index contributed by atoms with van der Waals surface area (Å²) < 4.78 is 0. The van der Waals surface area contributed by atoms with E-state index in [-0.39, 0.29) is 11.3 Å². The van der Waals surface area contributed by atoms with Gasteiger partial charge in [0.25, 0.3) is 5.91 Å². The Hall–Kier alpha value is -2.29. The highest BCUT2D eigenvalue weighted by Crippen LogP contribution is 2.32. The molecule has 24 heavy (non-hydrogen) atoms. The molecule has 126 valence electrons. The van der Waals surface area contributed by atoms with Crippen LogP contribution in [-0.4, -0.2) is 37.0 Å². The van der Waals surface area contributed by atoms with Crippen LogP contribution in [0.5, 0.6) is 0 Å². The molecule has 1 amide bonds. The first-order valence-electron chi connectivity index (χ1n) is 8.65. The number of carbonyl (C=O) groups is 1. The average molecular weight is 322 g/mol. The monoisotopic (exact) mass is 322 g/mol. The highest BCUT2D eigenvalue weighted by atomic mass is 16.2. The molecule has 0 aromatic heterocycles. The van der Waals surface area contributed by atoms with E-state index < -0.39 is 0 Å². The first kappa shape index (κ1) is 16.6. The van der Waals surface area contributed by atoms with Crippen LogP contribution in [0.3, 0.4) is 0 Å². The molecule has 0 radical (unpaired) electrons. The fraction of sp³-hybridized carbons (Fsp3) is 0.381. The number of rotatable bonds is 2. The molecule has 1 heterocycles. The van der Waals surface area contributed by atoms with Gasteiger partial charge in [-0.3, -0.25) is 4.79 Å². The van der Waals surface area contributed by atoms with Gasteiger partial charge in [-0.25, -0.2) is 0 Å². The van der Waals surface area contributed by atoms with Crippen molar-refractivity contribution >= 4 is 11.6 Å². The third-order valence-corrected chi connectivity index (χ3v) is 4.64. The van der Waals surface area contributed by atoms with Crippen molar-refractivity contribution in [1.29, 1.82) is 0 Å². The van der Waals surface area contributed by atoms with Crippen molar-refractivity contribution in [3.05, 3.63) is 65.7 Å². The number of para-hydroxylation sites is 1. The van der Waals surface area contributed by atoms with Gasteiger partial charge in [0, 0.05) is 37.4 Å². The first-order chi connectivity index (χ1) is 11.5. The molecule has 1 saturated heterocycles. The second kappa shape index (κ2) is 6.68. The lowest BCUT2D eigenvalue weighted by atomic mass is 9.85. The number of hydrogen-bond donors (Lipinski definition) is 0. The minimum atomic E-state index is 0.119. The standard InChI is InChI=1S/C21H26N2O/c1-21(2,3)18-11-7-8-12-19(18)22-13-15-23(16-14-22)20(24)17-9-5-4-6-10-17/h4-12H,13-16H2,1-3H3. The number of anilines is 1. The number of amides is 1. The molecule has 3 rings (SSSR count). The Morgan fingerprint density at radius 1 is 0.833 bits per heavy atom. The minimum absolute atomic E-state index is 0.119. The van der Waals surface area contributed by atoms with Gasteiger partial charge in [-0.1, -0.05) is 57.2 Å². The Morgan fingerprint density at radius 3 is 2.04 bits per heavy atom. The van der Waals surface area contributed by atoms with E-state index in [0.717, 1.165) is 31.7 Å². The highest BCUT2D eigenvalue weighted by molar-refractivity contribution is 5.94. The van der Waals surface area contributed by atoms with Crippen LogP contribution in [0.2, 0.25) is 0 Å². The summed E-state index contributed by atoms with van der Waals surface area (Å²) in [6.45, 7) is 10.1. The van der Waals surface area contributed by atoms with Gasteiger partial charge in [-0.05, 0) is 29.2 Å². The number of piperazine rings is 1. The second-order valence-electron chi connectivity index (χ2n) is 7.41. The van der Waals surface area contributed by atoms with Gasteiger partial charge in [-0.2, -0.15) is 0 Å². The summed E-state index contributed by atoms with van der Waals surface area (Å²) in [6.07, 6.45) is 0. The Kier molecular flexibility index (Phi) is 4.61. The van der Waals surface area contributed by atoms with Crippen molar-refractivity contribution in [2.45, 2.75) is 26.2 Å². The predicted molar refractivity (Wildman–Crippen MR) is 99.7 cm³/mol. The second-order valence-corrected chi connectivity index (χ2v) is 7.41. The molecule has 0 bridgehead atoms. The Labute approximate surface area is 144 Å². The zero-order valence-electron chi connectivity index (χ0n) is 14.8. The molecule has 0 saturated carbocycles. The SMILES string of the molecule is CC(C)(C)c1ccccc1N1CCN(C(=O)c2ccccc2)CC1. The van der Waals surface area contributed by atoms with Crippen molar-refractivity contribution in [2.75, 3.05) is 31.1 Å². The molecule has 3 heteroatoms. The normalized spacial score (nSPS) is 15.5. The summed E-state index contributed by atoms with van der Waals surface area (Å²) in [4.78, 5) is 17.0. The van der Waals surface area contributed by atoms with Gasteiger partial charge in [0.15, 0.2) is 0 Å². The summed E-state index contributed by atoms with van der Waals surface area (Å²) in [5.74, 6) is 0.138. The fourth-order valence-corrected chi connectivity index (χ4v) is 3.30. The van der Waals surface area contributed by atoms with Crippen molar-refractivity contribution in [3.8, 4) is 0 Å². The molecule has 0 aliphatic carbocycles. The van der Waals surface area contributed by atoms with Crippen LogP contribution in [0.1, 0.15) is 36.7 Å². The van der Waals surface area contributed by atoms with E-state index in [4.69, 9.17) is 0 Å². The van der Waals surface area contributed by atoms with E-state index in [1.54, 1.807) is 0 Å². The van der Waals surface area contributed by atoms with Crippen LogP contribution < -0.4 is 4.90 Å². The van der Waals surface area contributed by atoms with Crippen molar-refractivity contribution < 1.29 is 4.79 Å². The summed E-state index contributed by atoms with van der Waals surface area (Å²) in [6, 6.07) is 18.2. The maximum atomic E-state index is 12.6. The van der Waals surface area contributed by atoms with Gasteiger partial charge in [0.1, 0.15) is 0 Å². The van der Waals surface area contributed by atoms with Gasteiger partial charge >= 0.3 is 0 Å². The molecule has 1 fully saturated rings. The third-order valence-electron chi connectivity index (χ3n) is 4.64. The molecular formula is C21H26N2O. The average Bonchev–Trinajstić information content (AvgIpc) is 2.61. The maximum absolute atomic E-state index is 12.6. The van der Waals surface area contributed by atoms with Crippen LogP contribution in [-0.2, 0) is 5.41 Å². The van der Waals surface area contributed by atoms with Crippen LogP contribution in [0, 0.1) is 0 Å². The molecule has 0 N–H and O–H groups in total. The molecule has 2 aromatic rings. The van der Waals surface area contributed by atoms with Gasteiger partial charge in [0.05, 0.1) is 0 Å². The Balaban J connectivity index is 1.71. The zero-order valence-corrected chi connectivity index (χ0v) is 14.8. The van der Waals surface area contributed by atoms with Gasteiger partial charge in [0.2, 0.25) is 0 Å². The lowest BCUT2D eigenvalue weighted by molar-refractivity contribution is 0.0746. The van der Waals surface area contributed by atoms with Crippen LogP contribution in [0.4, 0.5) is 5.69 Å². The molecule has 0 atom stereocenters. The summed E-state index contributed by atoms with van der Waals surface area (Å²) in [5.41, 5.74) is 3.57. The zero-order chi connectivity index (χ0) is 17.2. The lowest BCUT2D eigenvalue weighted by Crippen LogP contribution is -2.49. The van der Waals surface area contributed by atoms with E-state index in [2.05, 4.69) is 49.9 Å². The van der Waals surface area contributed by atoms with E-state index in [9.17, 15) is 4.79 Å². The molecule has 0 unspecified atom stereocenters. The quantitative estimate of drug-likeness (QED) is 0.836. The number of benzene rings is 2. The molecule has 1 aliphatic rings. The summed E-state index contributed by atoms with van der Waals surface area (Å²) in [5, 5.41) is 0. The van der Waals surface area contributed by atoms with Crippen LogP contribution in [0.25, 0.3) is 0 Å². The molecule has 2 aromatic carbocycles. The number of nitrogens with zero attached hydrogens (tertiary/aromatic N) is 2. The van der Waals surface area contributed by atoms with Gasteiger partial charge < -0.3 is 9.80 Å². The van der Waals surface area contributed by atoms with E-state index >= 15 is 0 Å². The fourth-order valence-electron chi connectivity index (χ4n) is 3.30. The van der Waals surface area contributed by atoms with Crippen LogP contribution >= 0.6 is 0 Å². The van der Waals surface area contributed by atoms with Crippen molar-refractivity contribution in [1.82, 2.24) is 4.90 Å². The molecule has 3 nitrogen and oxygen atoms in total. The van der Waals surface area contributed by atoms with Crippen LogP contribution in [0.15, 0.2) is 54.6 Å². The Morgan fingerprint density at radius 2 is 1.42 bits per heavy atom. The van der Waals surface area contributed by atoms with E-state index in [1.807, 2.05) is 35.2 Å². The van der Waals surface area contributed by atoms with Crippen molar-refractivity contribution in [3.63, 3.8) is 0 Å². The highest BCUT2D eigenvalue weighted by Gasteiger charge is 2.25. The molecular weight excluding hydrogens is 296 g/mol. The molecule has 1 aliphatic heterocycles. The first-order valence-corrected chi connectivity index (χ1v) is 8.65. The summed E-state index contributed by atoms with van der Waals surface area (Å²) in [7, 11) is 0. The van der Waals surface area contributed by atoms with Crippen molar-refractivity contribution in [2.24, 2.45) is 0 Å². The maximum Gasteiger partial charge on any atom is 0.253 e. The Bertz CT molecular complexity index is 695. The predicted octanol–water partition coefficient (Wildman–Crippen LogP) is 3.95. The summed E-state index contributed by atoms with van der Waals surface area (Å²) >= 11 is 0. The minimum Gasteiger partial charge on any atom is -0.368 e. The lowest BCUT2D eigenvalue weighted by Gasteiger charge is -2.38.